The van der Waals surface area contributed by atoms with E-state index in [2.05, 4.69) is 46.0 Å². The van der Waals surface area contributed by atoms with Gasteiger partial charge in [-0.1, -0.05) is 22.9 Å². The van der Waals surface area contributed by atoms with Crippen LogP contribution in [0.15, 0.2) is 22.7 Å². The molecule has 2 rings (SSSR count). The van der Waals surface area contributed by atoms with Crippen LogP contribution < -0.4 is 10.6 Å². The van der Waals surface area contributed by atoms with Gasteiger partial charge in [0.2, 0.25) is 0 Å². The number of halogens is 1. The number of benzene rings is 1. The van der Waals surface area contributed by atoms with E-state index in [0.29, 0.717) is 0 Å². The van der Waals surface area contributed by atoms with Gasteiger partial charge < -0.3 is 10.6 Å². The van der Waals surface area contributed by atoms with E-state index in [9.17, 15) is 0 Å². The summed E-state index contributed by atoms with van der Waals surface area (Å²) in [5, 5.41) is 0. The molecule has 2 nitrogen and oxygen atoms in total. The van der Waals surface area contributed by atoms with Gasteiger partial charge in [0, 0.05) is 29.3 Å². The monoisotopic (exact) mass is 282 g/mol. The summed E-state index contributed by atoms with van der Waals surface area (Å²) in [4.78, 5) is 2.45. The minimum absolute atomic E-state index is 0.0865. The molecule has 2 atom stereocenters. The van der Waals surface area contributed by atoms with Gasteiger partial charge in [0.25, 0.3) is 0 Å². The standard InChI is InChI=1S/C13H19BrN2/c1-9-5-6-16(8-9)13-4-3-11(14)7-12(13)10(2)15/h3-4,7,9-10H,5-6,8,15H2,1-2H3. The quantitative estimate of drug-likeness (QED) is 0.902. The number of nitrogens with two attached hydrogens (primary N) is 1. The molecule has 88 valence electrons. The fraction of sp³-hybridized carbons (Fsp3) is 0.538. The van der Waals surface area contributed by atoms with Crippen molar-refractivity contribution in [2.75, 3.05) is 18.0 Å². The van der Waals surface area contributed by atoms with Crippen molar-refractivity contribution >= 4 is 21.6 Å². The molecule has 16 heavy (non-hydrogen) atoms. The number of rotatable bonds is 2. The SMILES string of the molecule is CC1CCN(c2ccc(Br)cc2C(C)N)C1. The summed E-state index contributed by atoms with van der Waals surface area (Å²) in [6.07, 6.45) is 1.29. The largest absolute Gasteiger partial charge is 0.371 e. The minimum atomic E-state index is 0.0865. The lowest BCUT2D eigenvalue weighted by atomic mass is 10.1. The van der Waals surface area contributed by atoms with Crippen LogP contribution in [0.4, 0.5) is 5.69 Å². The van der Waals surface area contributed by atoms with Gasteiger partial charge in [0.15, 0.2) is 0 Å². The Balaban J connectivity index is 2.32. The van der Waals surface area contributed by atoms with Gasteiger partial charge >= 0.3 is 0 Å². The lowest BCUT2D eigenvalue weighted by molar-refractivity contribution is 0.659. The van der Waals surface area contributed by atoms with Crippen LogP contribution in [0.25, 0.3) is 0 Å². The molecular weight excluding hydrogens is 264 g/mol. The van der Waals surface area contributed by atoms with E-state index in [-0.39, 0.29) is 6.04 Å². The van der Waals surface area contributed by atoms with Crippen molar-refractivity contribution in [1.29, 1.82) is 0 Å². The third-order valence-electron chi connectivity index (χ3n) is 3.24. The zero-order valence-corrected chi connectivity index (χ0v) is 11.5. The van der Waals surface area contributed by atoms with Gasteiger partial charge in [-0.3, -0.25) is 0 Å². The lowest BCUT2D eigenvalue weighted by Gasteiger charge is -2.23. The molecule has 0 radical (unpaired) electrons. The van der Waals surface area contributed by atoms with E-state index in [0.717, 1.165) is 23.5 Å². The van der Waals surface area contributed by atoms with Crippen LogP contribution in [0.1, 0.15) is 31.9 Å². The molecule has 2 unspecified atom stereocenters. The fourth-order valence-electron chi connectivity index (χ4n) is 2.33. The average molecular weight is 283 g/mol. The first kappa shape index (κ1) is 11.9. The maximum absolute atomic E-state index is 6.04. The number of hydrogen-bond acceptors (Lipinski definition) is 2. The van der Waals surface area contributed by atoms with Crippen molar-refractivity contribution in [3.63, 3.8) is 0 Å². The van der Waals surface area contributed by atoms with Crippen LogP contribution in [0.5, 0.6) is 0 Å². The van der Waals surface area contributed by atoms with E-state index in [1.165, 1.54) is 17.7 Å². The zero-order valence-electron chi connectivity index (χ0n) is 9.91. The van der Waals surface area contributed by atoms with E-state index in [4.69, 9.17) is 5.73 Å². The van der Waals surface area contributed by atoms with Crippen LogP contribution in [0, 0.1) is 5.92 Å². The molecule has 1 heterocycles. The topological polar surface area (TPSA) is 29.3 Å². The molecule has 1 aliphatic rings. The molecule has 1 aromatic rings. The van der Waals surface area contributed by atoms with Crippen LogP contribution >= 0.6 is 15.9 Å². The Morgan fingerprint density at radius 1 is 1.50 bits per heavy atom. The molecule has 1 aromatic carbocycles. The molecule has 1 fully saturated rings. The van der Waals surface area contributed by atoms with Crippen molar-refractivity contribution in [3.8, 4) is 0 Å². The molecule has 0 bridgehead atoms. The molecule has 1 saturated heterocycles. The molecule has 0 amide bonds. The van der Waals surface area contributed by atoms with Crippen molar-refractivity contribution in [3.05, 3.63) is 28.2 Å². The fourth-order valence-corrected chi connectivity index (χ4v) is 2.71. The first-order valence-electron chi connectivity index (χ1n) is 5.88. The number of hydrogen-bond donors (Lipinski definition) is 1. The predicted molar refractivity (Wildman–Crippen MR) is 72.7 cm³/mol. The highest BCUT2D eigenvalue weighted by Crippen LogP contribution is 2.31. The minimum Gasteiger partial charge on any atom is -0.371 e. The second kappa shape index (κ2) is 4.76. The Labute approximate surface area is 106 Å². The molecule has 0 spiro atoms. The Bertz CT molecular complexity index is 376. The highest BCUT2D eigenvalue weighted by Gasteiger charge is 2.21. The van der Waals surface area contributed by atoms with Gasteiger partial charge in [-0.2, -0.15) is 0 Å². The van der Waals surface area contributed by atoms with Gasteiger partial charge in [-0.15, -0.1) is 0 Å². The van der Waals surface area contributed by atoms with Crippen LogP contribution in [-0.2, 0) is 0 Å². The van der Waals surface area contributed by atoms with E-state index in [1.807, 2.05) is 6.92 Å². The van der Waals surface area contributed by atoms with Gasteiger partial charge in [0.05, 0.1) is 0 Å². The molecule has 3 heteroatoms. The Morgan fingerprint density at radius 3 is 2.81 bits per heavy atom. The van der Waals surface area contributed by atoms with E-state index >= 15 is 0 Å². The first-order valence-corrected chi connectivity index (χ1v) is 6.67. The summed E-state index contributed by atoms with van der Waals surface area (Å²) in [5.41, 5.74) is 8.59. The van der Waals surface area contributed by atoms with Gasteiger partial charge in [0.1, 0.15) is 0 Å². The maximum atomic E-state index is 6.04. The molecule has 0 aromatic heterocycles. The first-order chi connectivity index (χ1) is 7.58. The normalized spacial score (nSPS) is 22.5. The third-order valence-corrected chi connectivity index (χ3v) is 3.74. The van der Waals surface area contributed by atoms with Gasteiger partial charge in [-0.05, 0) is 43.0 Å². The lowest BCUT2D eigenvalue weighted by Crippen LogP contribution is -2.22. The van der Waals surface area contributed by atoms with Crippen molar-refractivity contribution in [1.82, 2.24) is 0 Å². The maximum Gasteiger partial charge on any atom is 0.0415 e. The second-order valence-corrected chi connectivity index (χ2v) is 5.75. The van der Waals surface area contributed by atoms with Crippen LogP contribution in [0.3, 0.4) is 0 Å². The molecular formula is C13H19BrN2. The van der Waals surface area contributed by atoms with Crippen LogP contribution in [0.2, 0.25) is 0 Å². The molecule has 0 saturated carbocycles. The summed E-state index contributed by atoms with van der Waals surface area (Å²) < 4.78 is 1.11. The van der Waals surface area contributed by atoms with Gasteiger partial charge in [-0.25, -0.2) is 0 Å². The summed E-state index contributed by atoms with van der Waals surface area (Å²) in [6, 6.07) is 6.51. The van der Waals surface area contributed by atoms with Crippen molar-refractivity contribution in [2.45, 2.75) is 26.3 Å². The smallest absolute Gasteiger partial charge is 0.0415 e. The van der Waals surface area contributed by atoms with E-state index < -0.39 is 0 Å². The van der Waals surface area contributed by atoms with Crippen molar-refractivity contribution < 1.29 is 0 Å². The summed E-state index contributed by atoms with van der Waals surface area (Å²) in [6.45, 7) is 6.67. The second-order valence-electron chi connectivity index (χ2n) is 4.83. The Hall–Kier alpha value is -0.540. The predicted octanol–water partition coefficient (Wildman–Crippen LogP) is 3.32. The summed E-state index contributed by atoms with van der Waals surface area (Å²) in [5.74, 6) is 0.796. The Kier molecular flexibility index (Phi) is 3.55. The van der Waals surface area contributed by atoms with Crippen molar-refractivity contribution in [2.24, 2.45) is 11.7 Å². The molecule has 1 aliphatic heterocycles. The average Bonchev–Trinajstić information content (AvgIpc) is 2.64. The molecule has 2 N–H and O–H groups in total. The van der Waals surface area contributed by atoms with E-state index in [1.54, 1.807) is 0 Å². The summed E-state index contributed by atoms with van der Waals surface area (Å²) >= 11 is 3.51. The highest BCUT2D eigenvalue weighted by molar-refractivity contribution is 9.10. The number of anilines is 1. The highest BCUT2D eigenvalue weighted by atomic mass is 79.9. The Morgan fingerprint density at radius 2 is 2.25 bits per heavy atom. The zero-order chi connectivity index (χ0) is 11.7. The van der Waals surface area contributed by atoms with Crippen LogP contribution in [-0.4, -0.2) is 13.1 Å². The molecule has 0 aliphatic carbocycles. The summed E-state index contributed by atoms with van der Waals surface area (Å²) in [7, 11) is 0. The third kappa shape index (κ3) is 2.41. The number of nitrogens with zero attached hydrogens (tertiary/aromatic N) is 1.